The largest absolute Gasteiger partial charge is 0.492 e. The zero-order chi connectivity index (χ0) is 19.2. The Hall–Kier alpha value is -1.63. The van der Waals surface area contributed by atoms with Crippen molar-refractivity contribution >= 4 is 5.91 Å². The quantitative estimate of drug-likeness (QED) is 0.717. The molecule has 6 nitrogen and oxygen atoms in total. The first-order valence-electron chi connectivity index (χ1n) is 10.9. The van der Waals surface area contributed by atoms with Crippen LogP contribution in [0, 0.1) is 0 Å². The van der Waals surface area contributed by atoms with E-state index in [4.69, 9.17) is 9.47 Å². The molecule has 3 aliphatic rings. The Labute approximate surface area is 168 Å². The Morgan fingerprint density at radius 1 is 0.964 bits per heavy atom. The molecule has 28 heavy (non-hydrogen) atoms. The van der Waals surface area contributed by atoms with Crippen LogP contribution in [0.3, 0.4) is 0 Å². The third-order valence-corrected chi connectivity index (χ3v) is 6.19. The molecule has 0 aromatic heterocycles. The fraction of sp³-hybridized carbons (Fsp3) is 0.682. The number of hydrogen-bond acceptors (Lipinski definition) is 5. The van der Waals surface area contributed by atoms with Gasteiger partial charge in [-0.1, -0.05) is 0 Å². The van der Waals surface area contributed by atoms with Crippen molar-refractivity contribution in [3.63, 3.8) is 0 Å². The fourth-order valence-electron chi connectivity index (χ4n) is 4.53. The maximum Gasteiger partial charge on any atom is 0.254 e. The van der Waals surface area contributed by atoms with Crippen LogP contribution in [0.1, 0.15) is 36.0 Å². The normalized spacial score (nSPS) is 24.0. The van der Waals surface area contributed by atoms with Gasteiger partial charge in [0.05, 0.1) is 13.2 Å². The van der Waals surface area contributed by atoms with Gasteiger partial charge in [-0.25, -0.2) is 0 Å². The zero-order valence-corrected chi connectivity index (χ0v) is 16.9. The van der Waals surface area contributed by atoms with Gasteiger partial charge < -0.3 is 19.3 Å². The standard InChI is InChI=1S/C22H33N3O3/c26-22(25-11-3-4-20(25)18-24-9-1-2-10-24)19-5-7-21(8-6-19)28-17-14-23-12-15-27-16-13-23/h5-8,20H,1-4,9-18H2/t20-/m0/s1. The van der Waals surface area contributed by atoms with Crippen LogP contribution in [0.5, 0.6) is 5.75 Å². The van der Waals surface area contributed by atoms with E-state index in [0.717, 1.165) is 70.1 Å². The molecule has 0 saturated carbocycles. The van der Waals surface area contributed by atoms with E-state index in [0.29, 0.717) is 12.6 Å². The minimum absolute atomic E-state index is 0.168. The average molecular weight is 388 g/mol. The molecule has 0 aliphatic carbocycles. The Balaban J connectivity index is 1.27. The van der Waals surface area contributed by atoms with Crippen LogP contribution in [-0.4, -0.2) is 92.3 Å². The number of benzene rings is 1. The highest BCUT2D eigenvalue weighted by Gasteiger charge is 2.31. The van der Waals surface area contributed by atoms with Crippen LogP contribution in [0.2, 0.25) is 0 Å². The first-order valence-corrected chi connectivity index (χ1v) is 10.9. The number of carbonyl (C=O) groups excluding carboxylic acids is 1. The molecule has 4 rings (SSSR count). The second kappa shape index (κ2) is 9.72. The number of carbonyl (C=O) groups is 1. The zero-order valence-electron chi connectivity index (χ0n) is 16.9. The number of ether oxygens (including phenoxy) is 2. The van der Waals surface area contributed by atoms with Gasteiger partial charge in [-0.05, 0) is 63.0 Å². The van der Waals surface area contributed by atoms with Crippen LogP contribution in [0.4, 0.5) is 0 Å². The monoisotopic (exact) mass is 387 g/mol. The smallest absolute Gasteiger partial charge is 0.254 e. The Bertz CT molecular complexity index is 624. The summed E-state index contributed by atoms with van der Waals surface area (Å²) in [7, 11) is 0. The van der Waals surface area contributed by atoms with E-state index in [1.807, 2.05) is 24.3 Å². The molecular weight excluding hydrogens is 354 g/mol. The number of amides is 1. The summed E-state index contributed by atoms with van der Waals surface area (Å²) < 4.78 is 11.2. The topological polar surface area (TPSA) is 45.2 Å². The molecule has 0 N–H and O–H groups in total. The minimum Gasteiger partial charge on any atom is -0.492 e. The molecule has 154 valence electrons. The van der Waals surface area contributed by atoms with Crippen LogP contribution in [0.15, 0.2) is 24.3 Å². The maximum absolute atomic E-state index is 13.0. The van der Waals surface area contributed by atoms with Gasteiger partial charge in [0.25, 0.3) is 5.91 Å². The summed E-state index contributed by atoms with van der Waals surface area (Å²) in [4.78, 5) is 20.0. The van der Waals surface area contributed by atoms with Crippen molar-refractivity contribution in [1.82, 2.24) is 14.7 Å². The molecular formula is C22H33N3O3. The Morgan fingerprint density at radius 2 is 1.71 bits per heavy atom. The van der Waals surface area contributed by atoms with E-state index in [9.17, 15) is 4.79 Å². The highest BCUT2D eigenvalue weighted by Crippen LogP contribution is 2.23. The number of morpholine rings is 1. The Kier molecular flexibility index (Phi) is 6.83. The summed E-state index contributed by atoms with van der Waals surface area (Å²) in [6.07, 6.45) is 4.85. The molecule has 1 aromatic rings. The molecule has 0 unspecified atom stereocenters. The molecule has 3 heterocycles. The van der Waals surface area contributed by atoms with Crippen molar-refractivity contribution in [3.8, 4) is 5.75 Å². The van der Waals surface area contributed by atoms with Crippen LogP contribution < -0.4 is 4.74 Å². The molecule has 3 aliphatic heterocycles. The average Bonchev–Trinajstić information content (AvgIpc) is 3.41. The molecule has 0 spiro atoms. The maximum atomic E-state index is 13.0. The fourth-order valence-corrected chi connectivity index (χ4v) is 4.53. The van der Waals surface area contributed by atoms with E-state index in [1.54, 1.807) is 0 Å². The van der Waals surface area contributed by atoms with Gasteiger partial charge in [0.15, 0.2) is 0 Å². The second-order valence-electron chi connectivity index (χ2n) is 8.13. The lowest BCUT2D eigenvalue weighted by molar-refractivity contribution is 0.0322. The lowest BCUT2D eigenvalue weighted by atomic mass is 10.1. The summed E-state index contributed by atoms with van der Waals surface area (Å²) >= 11 is 0. The first kappa shape index (κ1) is 19.7. The second-order valence-corrected chi connectivity index (χ2v) is 8.13. The molecule has 0 bridgehead atoms. The predicted octanol–water partition coefficient (Wildman–Crippen LogP) is 2.10. The number of likely N-dealkylation sites (tertiary alicyclic amines) is 2. The molecule has 1 aromatic carbocycles. The summed E-state index contributed by atoms with van der Waals surface area (Å²) in [5.41, 5.74) is 0.772. The highest BCUT2D eigenvalue weighted by atomic mass is 16.5. The van der Waals surface area contributed by atoms with Crippen LogP contribution in [-0.2, 0) is 4.74 Å². The molecule has 1 amide bonds. The third-order valence-electron chi connectivity index (χ3n) is 6.19. The lowest BCUT2D eigenvalue weighted by Crippen LogP contribution is -2.42. The summed E-state index contributed by atoms with van der Waals surface area (Å²) in [6.45, 7) is 9.45. The van der Waals surface area contributed by atoms with Crippen molar-refractivity contribution in [2.24, 2.45) is 0 Å². The molecule has 3 saturated heterocycles. The van der Waals surface area contributed by atoms with Gasteiger partial charge in [0, 0.05) is 44.3 Å². The highest BCUT2D eigenvalue weighted by molar-refractivity contribution is 5.94. The van der Waals surface area contributed by atoms with Gasteiger partial charge in [-0.15, -0.1) is 0 Å². The van der Waals surface area contributed by atoms with E-state index >= 15 is 0 Å². The Morgan fingerprint density at radius 3 is 2.46 bits per heavy atom. The molecule has 3 fully saturated rings. The van der Waals surface area contributed by atoms with Crippen molar-refractivity contribution in [2.45, 2.75) is 31.7 Å². The third kappa shape index (κ3) is 5.04. The van der Waals surface area contributed by atoms with E-state index in [2.05, 4.69) is 14.7 Å². The van der Waals surface area contributed by atoms with Crippen LogP contribution in [0.25, 0.3) is 0 Å². The minimum atomic E-state index is 0.168. The van der Waals surface area contributed by atoms with E-state index in [1.165, 1.54) is 25.9 Å². The predicted molar refractivity (Wildman–Crippen MR) is 109 cm³/mol. The van der Waals surface area contributed by atoms with Gasteiger partial charge in [-0.3, -0.25) is 9.69 Å². The molecule has 6 heteroatoms. The summed E-state index contributed by atoms with van der Waals surface area (Å²) in [5.74, 6) is 1.00. The molecule has 1 atom stereocenters. The van der Waals surface area contributed by atoms with Crippen molar-refractivity contribution in [2.75, 3.05) is 65.6 Å². The van der Waals surface area contributed by atoms with Gasteiger partial charge >= 0.3 is 0 Å². The van der Waals surface area contributed by atoms with Crippen molar-refractivity contribution in [1.29, 1.82) is 0 Å². The number of nitrogens with zero attached hydrogens (tertiary/aromatic N) is 3. The first-order chi connectivity index (χ1) is 13.8. The van der Waals surface area contributed by atoms with E-state index < -0.39 is 0 Å². The van der Waals surface area contributed by atoms with Crippen molar-refractivity contribution < 1.29 is 14.3 Å². The van der Waals surface area contributed by atoms with E-state index in [-0.39, 0.29) is 5.91 Å². The number of rotatable bonds is 7. The van der Waals surface area contributed by atoms with Crippen molar-refractivity contribution in [3.05, 3.63) is 29.8 Å². The molecule has 0 radical (unpaired) electrons. The summed E-state index contributed by atoms with van der Waals surface area (Å²) in [5, 5.41) is 0. The van der Waals surface area contributed by atoms with Gasteiger partial charge in [0.1, 0.15) is 12.4 Å². The SMILES string of the molecule is O=C(c1ccc(OCCN2CCOCC2)cc1)N1CCC[C@H]1CN1CCCC1. The number of hydrogen-bond donors (Lipinski definition) is 0. The van der Waals surface area contributed by atoms with Gasteiger partial charge in [0.2, 0.25) is 0 Å². The van der Waals surface area contributed by atoms with Crippen LogP contribution >= 0.6 is 0 Å². The lowest BCUT2D eigenvalue weighted by Gasteiger charge is -2.28. The van der Waals surface area contributed by atoms with Gasteiger partial charge in [-0.2, -0.15) is 0 Å². The summed E-state index contributed by atoms with van der Waals surface area (Å²) in [6, 6.07) is 8.06.